The first kappa shape index (κ1) is 26.0. The molecule has 0 fully saturated rings. The predicted molar refractivity (Wildman–Crippen MR) is 131 cm³/mol. The Morgan fingerprint density at radius 3 is 1.71 bits per heavy atom. The molecule has 0 atom stereocenters. The monoisotopic (exact) mass is 470 g/mol. The summed E-state index contributed by atoms with van der Waals surface area (Å²) in [6.45, 7) is 13.7. The second-order valence-corrected chi connectivity index (χ2v) is 11.6. The predicted octanol–water partition coefficient (Wildman–Crippen LogP) is 8.58. The molecule has 0 aliphatic heterocycles. The number of hydrogen-bond acceptors (Lipinski definition) is 0. The van der Waals surface area contributed by atoms with Gasteiger partial charge in [-0.1, -0.05) is 72.7 Å². The van der Waals surface area contributed by atoms with Crippen molar-refractivity contribution in [1.82, 2.24) is 0 Å². The first-order chi connectivity index (χ1) is 15.6. The van der Waals surface area contributed by atoms with Gasteiger partial charge in [-0.05, 0) is 81.2 Å². The summed E-state index contributed by atoms with van der Waals surface area (Å²) in [6.07, 6.45) is 0.768. The van der Waals surface area contributed by atoms with E-state index in [0.717, 1.165) is 17.2 Å². The van der Waals surface area contributed by atoms with Gasteiger partial charge in [0.05, 0.1) is 0 Å². The highest BCUT2D eigenvalue weighted by atomic mass is 19.1. The number of hydrogen-bond donors (Lipinski definition) is 0. The molecule has 0 bridgehead atoms. The van der Waals surface area contributed by atoms with Crippen LogP contribution in [0.15, 0.2) is 54.6 Å². The van der Waals surface area contributed by atoms with Crippen LogP contribution in [-0.2, 0) is 29.1 Å². The Balaban J connectivity index is 1.83. The van der Waals surface area contributed by atoms with Crippen LogP contribution in [0.1, 0.15) is 76.3 Å². The van der Waals surface area contributed by atoms with Gasteiger partial charge in [0.1, 0.15) is 23.3 Å². The van der Waals surface area contributed by atoms with E-state index in [2.05, 4.69) is 0 Å². The van der Waals surface area contributed by atoms with Crippen LogP contribution in [0, 0.1) is 23.3 Å². The summed E-state index contributed by atoms with van der Waals surface area (Å²) in [5, 5.41) is 0. The Labute approximate surface area is 201 Å². The molecule has 4 heteroatoms. The number of rotatable bonds is 6. The fourth-order valence-corrected chi connectivity index (χ4v) is 4.50. The molecule has 0 N–H and O–H groups in total. The fraction of sp³-hybridized carbons (Fsp3) is 0.400. The standard InChI is InChI=1S/C30H34F4/c1-28(2,3)21-10-9-20(26(33)15-21)18-30(6,7)25-11-8-19(12-27(25)34)17-29(4,5)22-13-23(31)16-24(32)14-22/h8-16H,17-18H2,1-7H3. The minimum Gasteiger partial charge on any atom is -0.207 e. The molecule has 34 heavy (non-hydrogen) atoms. The van der Waals surface area contributed by atoms with E-state index in [1.165, 1.54) is 18.2 Å². The molecule has 0 unspecified atom stereocenters. The van der Waals surface area contributed by atoms with Crippen LogP contribution in [0.4, 0.5) is 17.6 Å². The summed E-state index contributed by atoms with van der Waals surface area (Å²) in [4.78, 5) is 0. The minimum absolute atomic E-state index is 0.151. The van der Waals surface area contributed by atoms with Gasteiger partial charge < -0.3 is 0 Å². The Kier molecular flexibility index (Phi) is 7.04. The van der Waals surface area contributed by atoms with Crippen LogP contribution in [0.3, 0.4) is 0 Å². The van der Waals surface area contributed by atoms with Gasteiger partial charge in [0.2, 0.25) is 0 Å². The lowest BCUT2D eigenvalue weighted by Crippen LogP contribution is -2.24. The van der Waals surface area contributed by atoms with E-state index in [4.69, 9.17) is 0 Å². The molecule has 0 nitrogen and oxygen atoms in total. The molecule has 3 rings (SSSR count). The summed E-state index contributed by atoms with van der Waals surface area (Å²) >= 11 is 0. The van der Waals surface area contributed by atoms with Crippen molar-refractivity contribution in [2.24, 2.45) is 0 Å². The molecule has 0 heterocycles. The molecule has 0 spiro atoms. The van der Waals surface area contributed by atoms with Crippen molar-refractivity contribution in [3.05, 3.63) is 106 Å². The van der Waals surface area contributed by atoms with E-state index < -0.39 is 22.5 Å². The third-order valence-corrected chi connectivity index (χ3v) is 6.60. The maximum absolute atomic E-state index is 15.3. The SMILES string of the molecule is CC(C)(C)c1ccc(CC(C)(C)c2ccc(CC(C)(C)c3cc(F)cc(F)c3)cc2F)c(F)c1. The second kappa shape index (κ2) is 9.20. The Hall–Kier alpha value is -2.62. The van der Waals surface area contributed by atoms with Crippen LogP contribution >= 0.6 is 0 Å². The molecular weight excluding hydrogens is 436 g/mol. The normalized spacial score (nSPS) is 12.8. The van der Waals surface area contributed by atoms with Crippen molar-refractivity contribution < 1.29 is 17.6 Å². The molecule has 0 amide bonds. The van der Waals surface area contributed by atoms with E-state index in [1.807, 2.05) is 60.6 Å². The lowest BCUT2D eigenvalue weighted by molar-refractivity contribution is 0.464. The average molecular weight is 471 g/mol. The van der Waals surface area contributed by atoms with Crippen LogP contribution in [0.2, 0.25) is 0 Å². The highest BCUT2D eigenvalue weighted by molar-refractivity contribution is 5.36. The topological polar surface area (TPSA) is 0 Å². The van der Waals surface area contributed by atoms with Crippen molar-refractivity contribution in [3.63, 3.8) is 0 Å². The highest BCUT2D eigenvalue weighted by Crippen LogP contribution is 2.34. The number of halogens is 4. The Morgan fingerprint density at radius 1 is 0.559 bits per heavy atom. The van der Waals surface area contributed by atoms with Crippen LogP contribution in [-0.4, -0.2) is 0 Å². The van der Waals surface area contributed by atoms with Crippen molar-refractivity contribution in [3.8, 4) is 0 Å². The Bertz CT molecular complexity index is 1160. The summed E-state index contributed by atoms with van der Waals surface area (Å²) in [5.41, 5.74) is 1.85. The molecule has 0 saturated heterocycles. The van der Waals surface area contributed by atoms with Gasteiger partial charge >= 0.3 is 0 Å². The minimum atomic E-state index is -0.631. The summed E-state index contributed by atoms with van der Waals surface area (Å²) in [5.74, 6) is -1.90. The van der Waals surface area contributed by atoms with Gasteiger partial charge in [-0.15, -0.1) is 0 Å². The highest BCUT2D eigenvalue weighted by Gasteiger charge is 2.28. The largest absolute Gasteiger partial charge is 0.207 e. The quantitative estimate of drug-likeness (QED) is 0.317. The molecule has 0 aliphatic rings. The molecule has 0 saturated carbocycles. The number of benzene rings is 3. The first-order valence-electron chi connectivity index (χ1n) is 11.6. The van der Waals surface area contributed by atoms with Crippen molar-refractivity contribution in [1.29, 1.82) is 0 Å². The van der Waals surface area contributed by atoms with Gasteiger partial charge in [0.25, 0.3) is 0 Å². The van der Waals surface area contributed by atoms with Gasteiger partial charge in [-0.3, -0.25) is 0 Å². The first-order valence-corrected chi connectivity index (χ1v) is 11.6. The van der Waals surface area contributed by atoms with E-state index in [0.29, 0.717) is 29.5 Å². The third-order valence-electron chi connectivity index (χ3n) is 6.60. The zero-order valence-corrected chi connectivity index (χ0v) is 21.1. The molecule has 3 aromatic rings. The van der Waals surface area contributed by atoms with Gasteiger partial charge in [-0.25, -0.2) is 17.6 Å². The molecule has 0 aromatic heterocycles. The van der Waals surface area contributed by atoms with Gasteiger partial charge in [0, 0.05) is 6.07 Å². The van der Waals surface area contributed by atoms with E-state index in [9.17, 15) is 13.2 Å². The maximum Gasteiger partial charge on any atom is 0.127 e. The Morgan fingerprint density at radius 2 is 1.18 bits per heavy atom. The van der Waals surface area contributed by atoms with E-state index in [-0.39, 0.29) is 17.0 Å². The van der Waals surface area contributed by atoms with Crippen molar-refractivity contribution in [2.75, 3.05) is 0 Å². The van der Waals surface area contributed by atoms with Crippen molar-refractivity contribution >= 4 is 0 Å². The lowest BCUT2D eigenvalue weighted by Gasteiger charge is -2.29. The third kappa shape index (κ3) is 5.89. The van der Waals surface area contributed by atoms with Crippen molar-refractivity contribution in [2.45, 2.75) is 77.6 Å². The van der Waals surface area contributed by atoms with E-state index in [1.54, 1.807) is 18.2 Å². The summed E-state index contributed by atoms with van der Waals surface area (Å²) in [6, 6.07) is 13.8. The average Bonchev–Trinajstić information content (AvgIpc) is 2.67. The van der Waals surface area contributed by atoms with Crippen LogP contribution < -0.4 is 0 Å². The molecule has 0 aliphatic carbocycles. The van der Waals surface area contributed by atoms with Crippen LogP contribution in [0.25, 0.3) is 0 Å². The van der Waals surface area contributed by atoms with Crippen LogP contribution in [0.5, 0.6) is 0 Å². The molecule has 0 radical (unpaired) electrons. The lowest BCUT2D eigenvalue weighted by atomic mass is 9.76. The zero-order chi connectivity index (χ0) is 25.5. The summed E-state index contributed by atoms with van der Waals surface area (Å²) in [7, 11) is 0. The van der Waals surface area contributed by atoms with Gasteiger partial charge in [-0.2, -0.15) is 0 Å². The van der Waals surface area contributed by atoms with Gasteiger partial charge in [0.15, 0.2) is 0 Å². The molecule has 182 valence electrons. The zero-order valence-electron chi connectivity index (χ0n) is 21.1. The van der Waals surface area contributed by atoms with E-state index >= 15 is 4.39 Å². The maximum atomic E-state index is 15.3. The smallest absolute Gasteiger partial charge is 0.127 e. The molecule has 3 aromatic carbocycles. The summed E-state index contributed by atoms with van der Waals surface area (Å²) < 4.78 is 57.5. The second-order valence-electron chi connectivity index (χ2n) is 11.6. The molecular formula is C30H34F4. The fourth-order valence-electron chi connectivity index (χ4n) is 4.50.